The second kappa shape index (κ2) is 8.13. The lowest BCUT2D eigenvalue weighted by molar-refractivity contribution is 0.151. The molecule has 0 fully saturated rings. The van der Waals surface area contributed by atoms with Gasteiger partial charge in [-0.2, -0.15) is 0 Å². The highest BCUT2D eigenvalue weighted by atomic mass is 79.9. The molecule has 0 radical (unpaired) electrons. The molecule has 0 saturated carbocycles. The summed E-state index contributed by atoms with van der Waals surface area (Å²) in [6, 6.07) is 16.1. The van der Waals surface area contributed by atoms with Crippen molar-refractivity contribution >= 4 is 27.7 Å². The lowest BCUT2D eigenvalue weighted by Crippen LogP contribution is -2.20. The predicted molar refractivity (Wildman–Crippen MR) is 106 cm³/mol. The number of rotatable bonds is 5. The second-order valence-corrected chi connectivity index (χ2v) is 6.46. The summed E-state index contributed by atoms with van der Waals surface area (Å²) < 4.78 is 13.9. The van der Waals surface area contributed by atoms with E-state index >= 15 is 0 Å². The number of carbonyl (C=O) groups is 1. The van der Waals surface area contributed by atoms with Gasteiger partial charge in [0.2, 0.25) is 0 Å². The highest BCUT2D eigenvalue weighted by Gasteiger charge is 2.18. The third kappa shape index (κ3) is 4.06. The van der Waals surface area contributed by atoms with E-state index in [0.717, 1.165) is 5.69 Å². The zero-order valence-electron chi connectivity index (χ0n) is 14.8. The van der Waals surface area contributed by atoms with Gasteiger partial charge >= 0.3 is 6.09 Å². The summed E-state index contributed by atoms with van der Waals surface area (Å²) in [5, 5.41) is 2.63. The molecule has 3 rings (SSSR count). The van der Waals surface area contributed by atoms with Crippen LogP contribution in [0.1, 0.15) is 5.69 Å². The number of aromatic nitrogens is 2. The molecular weight excluding hydrogens is 414 g/mol. The van der Waals surface area contributed by atoms with E-state index in [1.807, 2.05) is 30.3 Å². The van der Waals surface area contributed by atoms with E-state index in [-0.39, 0.29) is 12.2 Å². The number of hydrogen-bond donors (Lipinski definition) is 1. The van der Waals surface area contributed by atoms with E-state index in [1.165, 1.54) is 4.68 Å². The molecule has 1 heterocycles. The quantitative estimate of drug-likeness (QED) is 0.668. The first-order valence-corrected chi connectivity index (χ1v) is 8.90. The Bertz CT molecular complexity index is 994. The highest BCUT2D eigenvalue weighted by Crippen LogP contribution is 2.18. The van der Waals surface area contributed by atoms with Crippen molar-refractivity contribution in [2.75, 3.05) is 12.4 Å². The van der Waals surface area contributed by atoms with Gasteiger partial charge in [-0.25, -0.2) is 9.48 Å². The van der Waals surface area contributed by atoms with Crippen molar-refractivity contribution in [1.29, 1.82) is 0 Å². The number of ether oxygens (including phenoxy) is 2. The molecule has 0 spiro atoms. The molecule has 0 atom stereocenters. The number of anilines is 1. The van der Waals surface area contributed by atoms with Crippen molar-refractivity contribution in [3.63, 3.8) is 0 Å². The van der Waals surface area contributed by atoms with Crippen LogP contribution in [0.5, 0.6) is 5.75 Å². The minimum Gasteiger partial charge on any atom is -0.497 e. The second-order valence-electron chi connectivity index (χ2n) is 5.67. The molecule has 7 nitrogen and oxygen atoms in total. The summed E-state index contributed by atoms with van der Waals surface area (Å²) in [4.78, 5) is 24.6. The molecule has 3 aromatic rings. The molecule has 1 N–H and O–H groups in total. The Hall–Kier alpha value is -3.00. The number of halogens is 1. The van der Waals surface area contributed by atoms with Crippen LogP contribution in [0.4, 0.5) is 10.5 Å². The number of hydrogen-bond acceptors (Lipinski definition) is 4. The zero-order valence-corrected chi connectivity index (χ0v) is 16.4. The highest BCUT2D eigenvalue weighted by molar-refractivity contribution is 9.10. The number of methoxy groups -OCH3 is 1. The first-order chi connectivity index (χ1) is 13.0. The Morgan fingerprint density at radius 3 is 2.41 bits per heavy atom. The predicted octanol–water partition coefficient (Wildman–Crippen LogP) is 3.70. The minimum absolute atomic E-state index is 0.0614. The van der Waals surface area contributed by atoms with Crippen molar-refractivity contribution in [3.05, 3.63) is 75.1 Å². The first-order valence-electron chi connectivity index (χ1n) is 8.11. The van der Waals surface area contributed by atoms with Crippen LogP contribution in [0.2, 0.25) is 0 Å². The van der Waals surface area contributed by atoms with E-state index in [0.29, 0.717) is 21.6 Å². The molecule has 1 amide bonds. The van der Waals surface area contributed by atoms with Gasteiger partial charge in [-0.05, 0) is 52.3 Å². The fourth-order valence-electron chi connectivity index (χ4n) is 2.59. The topological polar surface area (TPSA) is 74.5 Å². The van der Waals surface area contributed by atoms with Crippen LogP contribution < -0.4 is 15.6 Å². The number of amides is 1. The summed E-state index contributed by atoms with van der Waals surface area (Å²) in [6.45, 7) is -0.0614. The molecule has 2 aromatic carbocycles. The van der Waals surface area contributed by atoms with Crippen LogP contribution in [0.25, 0.3) is 5.69 Å². The van der Waals surface area contributed by atoms with Crippen LogP contribution in [0, 0.1) is 0 Å². The molecule has 0 unspecified atom stereocenters. The van der Waals surface area contributed by atoms with Gasteiger partial charge in [-0.3, -0.25) is 14.8 Å². The van der Waals surface area contributed by atoms with Crippen molar-refractivity contribution in [1.82, 2.24) is 9.36 Å². The van der Waals surface area contributed by atoms with E-state index < -0.39 is 6.09 Å². The number of nitrogens with one attached hydrogen (secondary N) is 1. The minimum atomic E-state index is -0.619. The zero-order chi connectivity index (χ0) is 19.4. The fourth-order valence-corrected chi connectivity index (χ4v) is 3.13. The Morgan fingerprint density at radius 1 is 1.11 bits per heavy atom. The maximum Gasteiger partial charge on any atom is 0.412 e. The summed E-state index contributed by atoms with van der Waals surface area (Å²) in [5.74, 6) is 0.690. The van der Waals surface area contributed by atoms with Crippen LogP contribution in [0.15, 0.2) is 63.9 Å². The smallest absolute Gasteiger partial charge is 0.412 e. The van der Waals surface area contributed by atoms with Crippen LogP contribution in [-0.2, 0) is 18.4 Å². The van der Waals surface area contributed by atoms with Crippen molar-refractivity contribution in [3.8, 4) is 11.4 Å². The van der Waals surface area contributed by atoms with Crippen molar-refractivity contribution < 1.29 is 14.3 Å². The van der Waals surface area contributed by atoms with Crippen molar-refractivity contribution in [2.45, 2.75) is 6.61 Å². The maximum absolute atomic E-state index is 12.5. The fraction of sp³-hybridized carbons (Fsp3) is 0.158. The van der Waals surface area contributed by atoms with Gasteiger partial charge in [-0.1, -0.05) is 18.2 Å². The number of benzene rings is 2. The molecular formula is C19H18BrN3O4. The largest absolute Gasteiger partial charge is 0.497 e. The Labute approximate surface area is 164 Å². The van der Waals surface area contributed by atoms with Crippen molar-refractivity contribution in [2.24, 2.45) is 7.05 Å². The van der Waals surface area contributed by atoms with E-state index in [1.54, 1.807) is 43.1 Å². The lowest BCUT2D eigenvalue weighted by atomic mass is 10.3. The molecule has 140 valence electrons. The maximum atomic E-state index is 12.5. The van der Waals surface area contributed by atoms with E-state index in [2.05, 4.69) is 21.2 Å². The van der Waals surface area contributed by atoms with Gasteiger partial charge in [-0.15, -0.1) is 0 Å². The first kappa shape index (κ1) is 18.8. The standard InChI is InChI=1S/C19H18BrN3O4/c1-22-16(17(20)18(24)23(22)14-6-4-3-5-7-14)12-27-19(25)21-13-8-10-15(26-2)11-9-13/h3-11H,12H2,1-2H3,(H,21,25). The van der Waals surface area contributed by atoms with Gasteiger partial charge in [0, 0.05) is 12.7 Å². The Balaban J connectivity index is 1.72. The molecule has 1 aromatic heterocycles. The molecule has 0 aliphatic carbocycles. The third-order valence-corrected chi connectivity index (χ3v) is 4.80. The molecule has 0 saturated heterocycles. The monoisotopic (exact) mass is 431 g/mol. The Kier molecular flexibility index (Phi) is 5.66. The average molecular weight is 432 g/mol. The Morgan fingerprint density at radius 2 is 1.78 bits per heavy atom. The molecule has 0 aliphatic rings. The summed E-state index contributed by atoms with van der Waals surface area (Å²) >= 11 is 3.30. The number of nitrogens with zero attached hydrogens (tertiary/aromatic N) is 2. The molecule has 0 bridgehead atoms. The summed E-state index contributed by atoms with van der Waals surface area (Å²) in [6.07, 6.45) is -0.619. The lowest BCUT2D eigenvalue weighted by Gasteiger charge is -2.11. The molecule has 8 heteroatoms. The van der Waals surface area contributed by atoms with Crippen LogP contribution >= 0.6 is 15.9 Å². The SMILES string of the molecule is COc1ccc(NC(=O)OCc2c(Br)c(=O)n(-c3ccccc3)n2C)cc1. The van der Waals surface area contributed by atoms with E-state index in [4.69, 9.17) is 9.47 Å². The van der Waals surface area contributed by atoms with Crippen LogP contribution in [0.3, 0.4) is 0 Å². The number of para-hydroxylation sites is 1. The third-order valence-electron chi connectivity index (χ3n) is 4.00. The number of carbonyl (C=O) groups excluding carboxylic acids is 1. The van der Waals surface area contributed by atoms with E-state index in [9.17, 15) is 9.59 Å². The summed E-state index contributed by atoms with van der Waals surface area (Å²) in [7, 11) is 3.31. The van der Waals surface area contributed by atoms with Gasteiger partial charge < -0.3 is 9.47 Å². The molecule has 0 aliphatic heterocycles. The normalized spacial score (nSPS) is 10.5. The van der Waals surface area contributed by atoms with Gasteiger partial charge in [0.25, 0.3) is 5.56 Å². The molecule has 27 heavy (non-hydrogen) atoms. The average Bonchev–Trinajstić information content (AvgIpc) is 2.90. The van der Waals surface area contributed by atoms with Gasteiger partial charge in [0.05, 0.1) is 18.5 Å². The van der Waals surface area contributed by atoms with Gasteiger partial charge in [0.1, 0.15) is 16.8 Å². The van der Waals surface area contributed by atoms with Crippen LogP contribution in [-0.4, -0.2) is 22.6 Å². The summed E-state index contributed by atoms with van der Waals surface area (Å²) in [5.41, 5.74) is 1.63. The van der Waals surface area contributed by atoms with Gasteiger partial charge in [0.15, 0.2) is 0 Å².